The van der Waals surface area contributed by atoms with Crippen LogP contribution in [-0.2, 0) is 12.8 Å². The number of hydrogen-bond acceptors (Lipinski definition) is 1. The van der Waals surface area contributed by atoms with Crippen LogP contribution in [0.25, 0.3) is 0 Å². The molecule has 2 rings (SSSR count). The third kappa shape index (κ3) is 4.37. The lowest BCUT2D eigenvalue weighted by molar-refractivity contribution is 0.313. The molecule has 0 unspecified atom stereocenters. The first-order valence-corrected chi connectivity index (χ1v) is 6.78. The summed E-state index contributed by atoms with van der Waals surface area (Å²) in [5.74, 6) is 0. The SMILES string of the molecule is CC.CC.CC1(C)CCc2cc[nH]c(=O)c2C1. The average molecular weight is 237 g/mol. The molecule has 0 bridgehead atoms. The Morgan fingerprint density at radius 1 is 1.18 bits per heavy atom. The first-order chi connectivity index (χ1) is 8.08. The first kappa shape index (κ1) is 16.0. The lowest BCUT2D eigenvalue weighted by atomic mass is 9.75. The number of aryl methyl sites for hydroxylation is 1. The van der Waals surface area contributed by atoms with Crippen LogP contribution in [-0.4, -0.2) is 4.98 Å². The number of nitrogens with one attached hydrogen (secondary N) is 1. The summed E-state index contributed by atoms with van der Waals surface area (Å²) in [5, 5.41) is 0. The summed E-state index contributed by atoms with van der Waals surface area (Å²) in [6.45, 7) is 12.4. The quantitative estimate of drug-likeness (QED) is 0.728. The van der Waals surface area contributed by atoms with E-state index in [9.17, 15) is 4.79 Å². The Morgan fingerprint density at radius 2 is 1.76 bits per heavy atom. The fourth-order valence-corrected chi connectivity index (χ4v) is 2.02. The number of pyridine rings is 1. The number of H-pyrrole nitrogens is 1. The second-order valence-corrected chi connectivity index (χ2v) is 4.65. The summed E-state index contributed by atoms with van der Waals surface area (Å²) in [6, 6.07) is 2.03. The highest BCUT2D eigenvalue weighted by Crippen LogP contribution is 2.32. The largest absolute Gasteiger partial charge is 0.329 e. The zero-order valence-corrected chi connectivity index (χ0v) is 12.2. The Kier molecular flexibility index (Phi) is 6.86. The normalized spacial score (nSPS) is 15.6. The van der Waals surface area contributed by atoms with Gasteiger partial charge in [0.1, 0.15) is 0 Å². The second kappa shape index (κ2) is 7.31. The van der Waals surface area contributed by atoms with Crippen molar-refractivity contribution in [3.63, 3.8) is 0 Å². The highest BCUT2D eigenvalue weighted by molar-refractivity contribution is 5.27. The topological polar surface area (TPSA) is 32.9 Å². The van der Waals surface area contributed by atoms with Crippen molar-refractivity contribution in [3.8, 4) is 0 Å². The van der Waals surface area contributed by atoms with Crippen LogP contribution in [0.5, 0.6) is 0 Å². The van der Waals surface area contributed by atoms with Gasteiger partial charge in [-0.2, -0.15) is 0 Å². The van der Waals surface area contributed by atoms with Gasteiger partial charge in [-0.1, -0.05) is 41.5 Å². The van der Waals surface area contributed by atoms with Crippen molar-refractivity contribution in [2.75, 3.05) is 0 Å². The van der Waals surface area contributed by atoms with Crippen molar-refractivity contribution in [3.05, 3.63) is 33.7 Å². The molecule has 1 N–H and O–H groups in total. The number of aromatic amines is 1. The monoisotopic (exact) mass is 237 g/mol. The Labute approximate surface area is 105 Å². The van der Waals surface area contributed by atoms with Gasteiger partial charge in [-0.3, -0.25) is 4.79 Å². The van der Waals surface area contributed by atoms with E-state index >= 15 is 0 Å². The molecule has 1 aromatic heterocycles. The molecule has 1 aliphatic carbocycles. The van der Waals surface area contributed by atoms with Crippen LogP contribution in [0.1, 0.15) is 59.1 Å². The van der Waals surface area contributed by atoms with Gasteiger partial charge in [-0.15, -0.1) is 0 Å². The lowest BCUT2D eigenvalue weighted by Crippen LogP contribution is -2.28. The molecule has 0 amide bonds. The first-order valence-electron chi connectivity index (χ1n) is 6.78. The average Bonchev–Trinajstić information content (AvgIpc) is 2.35. The van der Waals surface area contributed by atoms with Gasteiger partial charge in [0.15, 0.2) is 0 Å². The molecule has 2 nitrogen and oxygen atoms in total. The molecule has 0 aliphatic heterocycles. The molecule has 1 heterocycles. The summed E-state index contributed by atoms with van der Waals surface area (Å²) in [4.78, 5) is 14.2. The van der Waals surface area contributed by atoms with Gasteiger partial charge in [-0.25, -0.2) is 0 Å². The van der Waals surface area contributed by atoms with E-state index in [1.165, 1.54) is 12.0 Å². The standard InChI is InChI=1S/C11H15NO.2C2H6/c1-11(2)5-3-8-4-6-12-10(13)9(8)7-11;2*1-2/h4,6H,3,5,7H2,1-2H3,(H,12,13);2*1-2H3. The Morgan fingerprint density at radius 3 is 2.35 bits per heavy atom. The van der Waals surface area contributed by atoms with Gasteiger partial charge < -0.3 is 4.98 Å². The number of rotatable bonds is 0. The minimum Gasteiger partial charge on any atom is -0.329 e. The molecule has 0 radical (unpaired) electrons. The van der Waals surface area contributed by atoms with E-state index in [0.29, 0.717) is 5.41 Å². The molecular weight excluding hydrogens is 210 g/mol. The number of aromatic nitrogens is 1. The van der Waals surface area contributed by atoms with E-state index in [4.69, 9.17) is 0 Å². The molecular formula is C15H27NO. The van der Waals surface area contributed by atoms with Crippen LogP contribution < -0.4 is 5.56 Å². The second-order valence-electron chi connectivity index (χ2n) is 4.65. The molecule has 1 aromatic rings. The smallest absolute Gasteiger partial charge is 0.251 e. The van der Waals surface area contributed by atoms with Gasteiger partial charge in [0.2, 0.25) is 0 Å². The molecule has 98 valence electrons. The van der Waals surface area contributed by atoms with Crippen molar-refractivity contribution in [2.24, 2.45) is 5.41 Å². The molecule has 0 aromatic carbocycles. The third-order valence-electron chi connectivity index (χ3n) is 2.89. The molecule has 0 saturated carbocycles. The van der Waals surface area contributed by atoms with Crippen molar-refractivity contribution in [2.45, 2.75) is 60.8 Å². The van der Waals surface area contributed by atoms with Gasteiger partial charge in [0.25, 0.3) is 5.56 Å². The zero-order chi connectivity index (χ0) is 13.5. The van der Waals surface area contributed by atoms with E-state index in [0.717, 1.165) is 18.4 Å². The molecule has 0 fully saturated rings. The van der Waals surface area contributed by atoms with Gasteiger partial charge in [-0.05, 0) is 36.3 Å². The minimum absolute atomic E-state index is 0.102. The lowest BCUT2D eigenvalue weighted by Gasteiger charge is -2.30. The molecule has 0 spiro atoms. The third-order valence-corrected chi connectivity index (χ3v) is 2.89. The van der Waals surface area contributed by atoms with E-state index in [-0.39, 0.29) is 5.56 Å². The predicted molar refractivity (Wildman–Crippen MR) is 75.6 cm³/mol. The minimum atomic E-state index is 0.102. The van der Waals surface area contributed by atoms with Crippen LogP contribution in [0.3, 0.4) is 0 Å². The maximum absolute atomic E-state index is 11.5. The van der Waals surface area contributed by atoms with Gasteiger partial charge in [0.05, 0.1) is 0 Å². The molecule has 0 atom stereocenters. The highest BCUT2D eigenvalue weighted by atomic mass is 16.1. The van der Waals surface area contributed by atoms with Crippen LogP contribution in [0.15, 0.2) is 17.1 Å². The maximum atomic E-state index is 11.5. The van der Waals surface area contributed by atoms with Crippen LogP contribution in [0.4, 0.5) is 0 Å². The molecule has 0 saturated heterocycles. The summed E-state index contributed by atoms with van der Waals surface area (Å²) < 4.78 is 0. The van der Waals surface area contributed by atoms with E-state index in [1.54, 1.807) is 6.20 Å². The van der Waals surface area contributed by atoms with Crippen molar-refractivity contribution in [1.29, 1.82) is 0 Å². The molecule has 2 heteroatoms. The number of fused-ring (bicyclic) bond motifs is 1. The fourth-order valence-electron chi connectivity index (χ4n) is 2.02. The maximum Gasteiger partial charge on any atom is 0.251 e. The van der Waals surface area contributed by atoms with E-state index in [2.05, 4.69) is 18.8 Å². The fraction of sp³-hybridized carbons (Fsp3) is 0.667. The van der Waals surface area contributed by atoms with E-state index < -0.39 is 0 Å². The van der Waals surface area contributed by atoms with Gasteiger partial charge in [0, 0.05) is 11.8 Å². The van der Waals surface area contributed by atoms with Crippen LogP contribution in [0, 0.1) is 5.41 Å². The molecule has 1 aliphatic rings. The van der Waals surface area contributed by atoms with Gasteiger partial charge >= 0.3 is 0 Å². The summed E-state index contributed by atoms with van der Waals surface area (Å²) in [7, 11) is 0. The van der Waals surface area contributed by atoms with Crippen molar-refractivity contribution in [1.82, 2.24) is 4.98 Å². The Bertz CT molecular complexity index is 377. The molecule has 17 heavy (non-hydrogen) atoms. The Hall–Kier alpha value is -1.05. The Balaban J connectivity index is 0.000000581. The summed E-state index contributed by atoms with van der Waals surface area (Å²) in [6.07, 6.45) is 4.90. The summed E-state index contributed by atoms with van der Waals surface area (Å²) in [5.41, 5.74) is 2.63. The number of hydrogen-bond donors (Lipinski definition) is 1. The van der Waals surface area contributed by atoms with E-state index in [1.807, 2.05) is 33.8 Å². The van der Waals surface area contributed by atoms with Crippen molar-refractivity contribution < 1.29 is 0 Å². The van der Waals surface area contributed by atoms with Crippen molar-refractivity contribution >= 4 is 0 Å². The summed E-state index contributed by atoms with van der Waals surface area (Å²) >= 11 is 0. The van der Waals surface area contributed by atoms with Crippen LogP contribution >= 0.6 is 0 Å². The van der Waals surface area contributed by atoms with Crippen LogP contribution in [0.2, 0.25) is 0 Å². The zero-order valence-electron chi connectivity index (χ0n) is 12.2. The predicted octanol–water partition coefficient (Wildman–Crippen LogP) is 3.94. The highest BCUT2D eigenvalue weighted by Gasteiger charge is 2.26.